The number of aromatic nitrogens is 2. The van der Waals surface area contributed by atoms with Crippen molar-refractivity contribution in [3.8, 4) is 34.1 Å². The number of hydrogen-bond donors (Lipinski definition) is 2. The van der Waals surface area contributed by atoms with Crippen LogP contribution in [0.2, 0.25) is 0 Å². The van der Waals surface area contributed by atoms with E-state index in [1.807, 2.05) is 37.3 Å². The minimum atomic E-state index is -0.704. The van der Waals surface area contributed by atoms with E-state index in [4.69, 9.17) is 0 Å². The molecule has 0 saturated carbocycles. The number of pyridine rings is 1. The van der Waals surface area contributed by atoms with Crippen molar-refractivity contribution in [3.05, 3.63) is 72.2 Å². The number of para-hydroxylation sites is 1. The fourth-order valence-electron chi connectivity index (χ4n) is 2.96. The first-order chi connectivity index (χ1) is 12.1. The lowest BCUT2D eigenvalue weighted by atomic mass is 10.1. The number of halogens is 1. The van der Waals surface area contributed by atoms with Crippen LogP contribution in [0.15, 0.2) is 60.8 Å². The van der Waals surface area contributed by atoms with Crippen LogP contribution in [-0.4, -0.2) is 19.6 Å². The molecule has 0 aliphatic heterocycles. The quantitative estimate of drug-likeness (QED) is 0.566. The average molecular weight is 334 g/mol. The van der Waals surface area contributed by atoms with Gasteiger partial charge in [-0.15, -0.1) is 0 Å². The van der Waals surface area contributed by atoms with Crippen LogP contribution in [0.1, 0.15) is 5.56 Å². The van der Waals surface area contributed by atoms with Crippen LogP contribution >= 0.6 is 0 Å². The van der Waals surface area contributed by atoms with Gasteiger partial charge in [-0.1, -0.05) is 23.8 Å². The molecule has 4 aromatic rings. The first-order valence-corrected chi connectivity index (χ1v) is 7.81. The van der Waals surface area contributed by atoms with Crippen LogP contribution in [0.3, 0.4) is 0 Å². The average Bonchev–Trinajstić information content (AvgIpc) is 2.99. The standard InChI is InChI=1S/C20H15FN2O2/c1-12-8-9-17(24)14(11-12)18-16-7-2-3-10-23(16)20(22-18)13-5-4-6-15(21)19(13)25/h2-11,24-25H,1H3. The van der Waals surface area contributed by atoms with Crippen LogP contribution in [0.5, 0.6) is 11.5 Å². The molecule has 0 bridgehead atoms. The molecule has 4 nitrogen and oxygen atoms in total. The van der Waals surface area contributed by atoms with Gasteiger partial charge in [0.05, 0.1) is 11.1 Å². The highest BCUT2D eigenvalue weighted by Crippen LogP contribution is 2.37. The van der Waals surface area contributed by atoms with Gasteiger partial charge in [-0.25, -0.2) is 9.37 Å². The Kier molecular flexibility index (Phi) is 3.42. The number of hydrogen-bond acceptors (Lipinski definition) is 3. The van der Waals surface area contributed by atoms with Gasteiger partial charge < -0.3 is 10.2 Å². The number of fused-ring (bicyclic) bond motifs is 1. The maximum atomic E-state index is 13.8. The summed E-state index contributed by atoms with van der Waals surface area (Å²) in [6.45, 7) is 1.93. The van der Waals surface area contributed by atoms with Crippen molar-refractivity contribution in [2.24, 2.45) is 0 Å². The van der Waals surface area contributed by atoms with Crippen LogP contribution < -0.4 is 0 Å². The Bertz CT molecular complexity index is 1070. The molecule has 0 unspecified atom stereocenters. The number of aromatic hydroxyl groups is 2. The molecule has 0 radical (unpaired) electrons. The van der Waals surface area contributed by atoms with Gasteiger partial charge in [-0.2, -0.15) is 0 Å². The molecule has 0 fully saturated rings. The molecule has 2 aromatic carbocycles. The van der Waals surface area contributed by atoms with Gasteiger partial charge in [0, 0.05) is 11.8 Å². The van der Waals surface area contributed by atoms with Gasteiger partial charge in [0.25, 0.3) is 0 Å². The molecule has 0 amide bonds. The third kappa shape index (κ3) is 2.41. The van der Waals surface area contributed by atoms with Crippen LogP contribution in [-0.2, 0) is 0 Å². The van der Waals surface area contributed by atoms with Gasteiger partial charge >= 0.3 is 0 Å². The van der Waals surface area contributed by atoms with E-state index in [2.05, 4.69) is 4.98 Å². The zero-order valence-corrected chi connectivity index (χ0v) is 13.4. The zero-order chi connectivity index (χ0) is 17.6. The second kappa shape index (κ2) is 5.63. The lowest BCUT2D eigenvalue weighted by Crippen LogP contribution is -1.90. The number of benzene rings is 2. The van der Waals surface area contributed by atoms with E-state index in [9.17, 15) is 14.6 Å². The van der Waals surface area contributed by atoms with Gasteiger partial charge in [0.1, 0.15) is 17.3 Å². The van der Waals surface area contributed by atoms with E-state index in [0.29, 0.717) is 22.6 Å². The van der Waals surface area contributed by atoms with Crippen LogP contribution in [0, 0.1) is 12.7 Å². The number of phenolic OH excluding ortho intramolecular Hbond substituents is 2. The van der Waals surface area contributed by atoms with Crippen molar-refractivity contribution >= 4 is 5.52 Å². The molecular formula is C20H15FN2O2. The number of imidazole rings is 1. The Morgan fingerprint density at radius 3 is 2.64 bits per heavy atom. The van der Waals surface area contributed by atoms with Crippen molar-refractivity contribution in [2.75, 3.05) is 0 Å². The third-order valence-electron chi connectivity index (χ3n) is 4.18. The Morgan fingerprint density at radius 1 is 0.960 bits per heavy atom. The summed E-state index contributed by atoms with van der Waals surface area (Å²) in [5, 5.41) is 20.4. The molecule has 25 heavy (non-hydrogen) atoms. The molecule has 0 aliphatic rings. The topological polar surface area (TPSA) is 57.8 Å². The fourth-order valence-corrected chi connectivity index (χ4v) is 2.96. The number of rotatable bonds is 2. The van der Waals surface area contributed by atoms with Gasteiger partial charge in [0.15, 0.2) is 11.6 Å². The van der Waals surface area contributed by atoms with Crippen molar-refractivity contribution < 1.29 is 14.6 Å². The first-order valence-electron chi connectivity index (χ1n) is 7.81. The summed E-state index contributed by atoms with van der Waals surface area (Å²) in [4.78, 5) is 4.61. The predicted molar refractivity (Wildman–Crippen MR) is 94.1 cm³/mol. The Hall–Kier alpha value is -3.34. The maximum absolute atomic E-state index is 13.8. The Balaban J connectivity index is 2.06. The summed E-state index contributed by atoms with van der Waals surface area (Å²) in [5.41, 5.74) is 3.19. The number of aryl methyl sites for hydroxylation is 1. The van der Waals surface area contributed by atoms with E-state index < -0.39 is 11.6 Å². The van der Waals surface area contributed by atoms with Crippen LogP contribution in [0.4, 0.5) is 4.39 Å². The highest BCUT2D eigenvalue weighted by atomic mass is 19.1. The highest BCUT2D eigenvalue weighted by Gasteiger charge is 2.19. The summed E-state index contributed by atoms with van der Waals surface area (Å²) in [5.74, 6) is -0.628. The summed E-state index contributed by atoms with van der Waals surface area (Å²) in [7, 11) is 0. The molecule has 2 heterocycles. The molecule has 0 atom stereocenters. The lowest BCUT2D eigenvalue weighted by molar-refractivity contribution is 0.434. The molecule has 0 saturated heterocycles. The third-order valence-corrected chi connectivity index (χ3v) is 4.18. The van der Waals surface area contributed by atoms with E-state index in [1.54, 1.807) is 22.7 Å². The monoisotopic (exact) mass is 334 g/mol. The van der Waals surface area contributed by atoms with E-state index in [-0.39, 0.29) is 5.75 Å². The summed E-state index contributed by atoms with van der Waals surface area (Å²) >= 11 is 0. The normalized spacial score (nSPS) is 11.1. The lowest BCUT2D eigenvalue weighted by Gasteiger charge is -2.04. The van der Waals surface area contributed by atoms with Crippen molar-refractivity contribution in [2.45, 2.75) is 6.92 Å². The van der Waals surface area contributed by atoms with Crippen molar-refractivity contribution in [1.82, 2.24) is 9.38 Å². The zero-order valence-electron chi connectivity index (χ0n) is 13.4. The molecule has 5 heteroatoms. The second-order valence-corrected chi connectivity index (χ2v) is 5.90. The Morgan fingerprint density at radius 2 is 1.80 bits per heavy atom. The molecule has 4 rings (SSSR count). The molecule has 0 aliphatic carbocycles. The predicted octanol–water partition coefficient (Wildman–Crippen LogP) is 4.53. The van der Waals surface area contributed by atoms with E-state index in [0.717, 1.165) is 11.1 Å². The molecule has 0 spiro atoms. The van der Waals surface area contributed by atoms with Gasteiger partial charge in [-0.05, 0) is 43.3 Å². The summed E-state index contributed by atoms with van der Waals surface area (Å²) in [6, 6.07) is 15.2. The largest absolute Gasteiger partial charge is 0.507 e. The second-order valence-electron chi connectivity index (χ2n) is 5.90. The van der Waals surface area contributed by atoms with E-state index in [1.165, 1.54) is 12.1 Å². The minimum absolute atomic E-state index is 0.115. The highest BCUT2D eigenvalue weighted by molar-refractivity contribution is 5.85. The first kappa shape index (κ1) is 15.2. The fraction of sp³-hybridized carbons (Fsp3) is 0.0500. The number of phenols is 2. The number of nitrogens with zero attached hydrogens (tertiary/aromatic N) is 2. The SMILES string of the molecule is Cc1ccc(O)c(-c2nc(-c3cccc(F)c3O)n3ccccc23)c1. The minimum Gasteiger partial charge on any atom is -0.507 e. The van der Waals surface area contributed by atoms with Crippen LogP contribution in [0.25, 0.3) is 28.2 Å². The van der Waals surface area contributed by atoms with Crippen molar-refractivity contribution in [1.29, 1.82) is 0 Å². The molecule has 2 N–H and O–H groups in total. The maximum Gasteiger partial charge on any atom is 0.165 e. The molecule has 2 aromatic heterocycles. The molecule has 124 valence electrons. The van der Waals surface area contributed by atoms with Gasteiger partial charge in [0.2, 0.25) is 0 Å². The summed E-state index contributed by atoms with van der Waals surface area (Å²) < 4.78 is 15.6. The smallest absolute Gasteiger partial charge is 0.165 e. The van der Waals surface area contributed by atoms with Crippen molar-refractivity contribution in [3.63, 3.8) is 0 Å². The van der Waals surface area contributed by atoms with E-state index >= 15 is 0 Å². The molecular weight excluding hydrogens is 319 g/mol. The Labute approximate surface area is 143 Å². The van der Waals surface area contributed by atoms with Gasteiger partial charge in [-0.3, -0.25) is 4.40 Å². The summed E-state index contributed by atoms with van der Waals surface area (Å²) in [6.07, 6.45) is 1.79.